The van der Waals surface area contributed by atoms with E-state index in [2.05, 4.69) is 30.5 Å². The lowest BCUT2D eigenvalue weighted by Crippen LogP contribution is -2.00. The Morgan fingerprint density at radius 3 is 2.91 bits per heavy atom. The van der Waals surface area contributed by atoms with Gasteiger partial charge in [0.1, 0.15) is 23.0 Å². The van der Waals surface area contributed by atoms with Gasteiger partial charge >= 0.3 is 0 Å². The van der Waals surface area contributed by atoms with Gasteiger partial charge in [-0.2, -0.15) is 5.10 Å². The van der Waals surface area contributed by atoms with Gasteiger partial charge in [-0.3, -0.25) is 9.50 Å². The van der Waals surface area contributed by atoms with E-state index in [9.17, 15) is 0 Å². The molecule has 0 saturated heterocycles. The highest BCUT2D eigenvalue weighted by atomic mass is 15.2. The molecule has 0 aliphatic carbocycles. The summed E-state index contributed by atoms with van der Waals surface area (Å²) in [7, 11) is 0. The smallest absolute Gasteiger partial charge is 0.159 e. The molecular formula is C15H14N8. The van der Waals surface area contributed by atoms with Crippen LogP contribution in [-0.2, 0) is 0 Å². The molecule has 0 aliphatic rings. The van der Waals surface area contributed by atoms with Crippen LogP contribution >= 0.6 is 0 Å². The van der Waals surface area contributed by atoms with Crippen LogP contribution in [0.15, 0.2) is 42.9 Å². The number of hydrogen-bond donors (Lipinski definition) is 3. The van der Waals surface area contributed by atoms with Crippen LogP contribution in [0.3, 0.4) is 0 Å². The van der Waals surface area contributed by atoms with Crippen molar-refractivity contribution in [1.82, 2.24) is 29.5 Å². The Morgan fingerprint density at radius 2 is 2.13 bits per heavy atom. The second-order valence-electron chi connectivity index (χ2n) is 5.08. The first-order valence-electron chi connectivity index (χ1n) is 7.05. The highest BCUT2D eigenvalue weighted by Crippen LogP contribution is 2.30. The fraction of sp³-hybridized carbons (Fsp3) is 0.0667. The van der Waals surface area contributed by atoms with E-state index < -0.39 is 0 Å². The maximum atomic E-state index is 5.88. The number of aromatic amines is 1. The van der Waals surface area contributed by atoms with Crippen LogP contribution in [-0.4, -0.2) is 29.5 Å². The van der Waals surface area contributed by atoms with Crippen LogP contribution in [0, 0.1) is 6.92 Å². The van der Waals surface area contributed by atoms with E-state index in [-0.39, 0.29) is 0 Å². The third-order valence-corrected chi connectivity index (χ3v) is 3.39. The molecule has 0 bridgehead atoms. The molecule has 4 rings (SSSR count). The molecule has 0 aromatic carbocycles. The average molecular weight is 306 g/mol. The molecule has 0 fully saturated rings. The second-order valence-corrected chi connectivity index (χ2v) is 5.08. The second kappa shape index (κ2) is 5.09. The number of nitrogens with zero attached hydrogens (tertiary/aromatic N) is 5. The Morgan fingerprint density at radius 1 is 1.22 bits per heavy atom. The van der Waals surface area contributed by atoms with Gasteiger partial charge in [-0.05, 0) is 19.1 Å². The molecule has 4 N–H and O–H groups in total. The molecule has 4 heterocycles. The number of H-pyrrole nitrogens is 1. The molecule has 0 atom stereocenters. The average Bonchev–Trinajstić information content (AvgIpc) is 3.13. The number of fused-ring (bicyclic) bond motifs is 1. The molecule has 4 aromatic rings. The number of nitrogens with two attached hydrogens (primary N) is 1. The molecule has 0 unspecified atom stereocenters. The number of aromatic nitrogens is 6. The maximum absolute atomic E-state index is 5.88. The summed E-state index contributed by atoms with van der Waals surface area (Å²) in [6, 6.07) is 7.55. The zero-order valence-electron chi connectivity index (χ0n) is 12.4. The van der Waals surface area contributed by atoms with Crippen molar-refractivity contribution in [2.45, 2.75) is 6.92 Å². The number of hydrogen-bond acceptors (Lipinski definition) is 6. The van der Waals surface area contributed by atoms with Crippen LogP contribution < -0.4 is 11.1 Å². The quantitative estimate of drug-likeness (QED) is 0.535. The third-order valence-electron chi connectivity index (χ3n) is 3.39. The standard InChI is InChI=1S/C15H14N8/c1-9-19-11(6-12(16)20-9)14-15(21-10-7-17-18-8-10)22-13-4-2-3-5-23(13)14/h2-8,21H,1H3,(H,17,18)(H2,16,19,20). The first-order chi connectivity index (χ1) is 11.2. The lowest BCUT2D eigenvalue weighted by molar-refractivity contribution is 1.05. The summed E-state index contributed by atoms with van der Waals surface area (Å²) < 4.78 is 1.96. The number of imidazole rings is 1. The molecule has 0 saturated carbocycles. The zero-order valence-corrected chi connectivity index (χ0v) is 12.4. The predicted octanol–water partition coefficient (Wildman–Crippen LogP) is 2.15. The summed E-state index contributed by atoms with van der Waals surface area (Å²) in [6.07, 6.45) is 5.38. The Kier molecular flexibility index (Phi) is 2.94. The van der Waals surface area contributed by atoms with Crippen LogP contribution in [0.1, 0.15) is 5.82 Å². The highest BCUT2D eigenvalue weighted by molar-refractivity contribution is 5.78. The highest BCUT2D eigenvalue weighted by Gasteiger charge is 2.16. The number of anilines is 3. The fourth-order valence-electron chi connectivity index (χ4n) is 2.50. The topological polar surface area (TPSA) is 110 Å². The van der Waals surface area contributed by atoms with Crippen molar-refractivity contribution in [3.63, 3.8) is 0 Å². The van der Waals surface area contributed by atoms with E-state index in [0.717, 1.165) is 17.0 Å². The van der Waals surface area contributed by atoms with E-state index in [4.69, 9.17) is 5.73 Å². The molecule has 0 aliphatic heterocycles. The van der Waals surface area contributed by atoms with Gasteiger partial charge in [0.05, 0.1) is 17.6 Å². The molecule has 0 radical (unpaired) electrons. The number of nitrogen functional groups attached to an aromatic ring is 1. The largest absolute Gasteiger partial charge is 0.384 e. The lowest BCUT2D eigenvalue weighted by Gasteiger charge is -2.07. The fourth-order valence-corrected chi connectivity index (χ4v) is 2.50. The molecule has 8 heteroatoms. The van der Waals surface area contributed by atoms with Crippen LogP contribution in [0.2, 0.25) is 0 Å². The molecule has 0 spiro atoms. The van der Waals surface area contributed by atoms with Gasteiger partial charge in [-0.1, -0.05) is 6.07 Å². The van der Waals surface area contributed by atoms with Gasteiger partial charge in [0.15, 0.2) is 5.82 Å². The first-order valence-corrected chi connectivity index (χ1v) is 7.05. The van der Waals surface area contributed by atoms with E-state index >= 15 is 0 Å². The van der Waals surface area contributed by atoms with Crippen molar-refractivity contribution < 1.29 is 0 Å². The van der Waals surface area contributed by atoms with E-state index in [1.165, 1.54) is 0 Å². The monoisotopic (exact) mass is 306 g/mol. The summed E-state index contributed by atoms with van der Waals surface area (Å²) >= 11 is 0. The van der Waals surface area contributed by atoms with Crippen molar-refractivity contribution in [2.75, 3.05) is 11.1 Å². The molecule has 8 nitrogen and oxygen atoms in total. The van der Waals surface area contributed by atoms with Crippen molar-refractivity contribution in [1.29, 1.82) is 0 Å². The van der Waals surface area contributed by atoms with Crippen molar-refractivity contribution in [2.24, 2.45) is 0 Å². The molecule has 23 heavy (non-hydrogen) atoms. The minimum absolute atomic E-state index is 0.424. The van der Waals surface area contributed by atoms with E-state index in [1.54, 1.807) is 18.5 Å². The summed E-state index contributed by atoms with van der Waals surface area (Å²) in [5.74, 6) is 1.71. The van der Waals surface area contributed by atoms with Gasteiger partial charge in [0, 0.05) is 18.5 Å². The minimum Gasteiger partial charge on any atom is -0.384 e. The van der Waals surface area contributed by atoms with Crippen molar-refractivity contribution in [3.8, 4) is 11.4 Å². The normalized spacial score (nSPS) is 11.0. The van der Waals surface area contributed by atoms with E-state index in [0.29, 0.717) is 23.2 Å². The van der Waals surface area contributed by atoms with Crippen LogP contribution in [0.4, 0.5) is 17.3 Å². The third kappa shape index (κ3) is 2.35. The van der Waals surface area contributed by atoms with Gasteiger partial charge < -0.3 is 11.1 Å². The Balaban J connectivity index is 1.95. The zero-order chi connectivity index (χ0) is 15.8. The molecule has 4 aromatic heterocycles. The first kappa shape index (κ1) is 13.3. The lowest BCUT2D eigenvalue weighted by atomic mass is 10.2. The summed E-state index contributed by atoms with van der Waals surface area (Å²) in [5, 5.41) is 9.96. The van der Waals surface area contributed by atoms with Gasteiger partial charge in [-0.25, -0.2) is 15.0 Å². The van der Waals surface area contributed by atoms with Gasteiger partial charge in [-0.15, -0.1) is 0 Å². The molecule has 114 valence electrons. The maximum Gasteiger partial charge on any atom is 0.159 e. The summed E-state index contributed by atoms with van der Waals surface area (Å²) in [5.41, 5.74) is 9.03. The van der Waals surface area contributed by atoms with Gasteiger partial charge in [0.25, 0.3) is 0 Å². The number of aryl methyl sites for hydroxylation is 1. The molecule has 0 amide bonds. The minimum atomic E-state index is 0.424. The van der Waals surface area contributed by atoms with Crippen LogP contribution in [0.25, 0.3) is 17.0 Å². The molecular weight excluding hydrogens is 292 g/mol. The Hall–Kier alpha value is -3.42. The Bertz CT molecular complexity index is 950. The number of rotatable bonds is 3. The van der Waals surface area contributed by atoms with Crippen molar-refractivity contribution >= 4 is 23.0 Å². The number of pyridine rings is 1. The van der Waals surface area contributed by atoms with E-state index in [1.807, 2.05) is 35.7 Å². The number of nitrogens with one attached hydrogen (secondary N) is 2. The predicted molar refractivity (Wildman–Crippen MR) is 87.2 cm³/mol. The van der Waals surface area contributed by atoms with Gasteiger partial charge in [0.2, 0.25) is 0 Å². The Labute approximate surface area is 131 Å². The summed E-state index contributed by atoms with van der Waals surface area (Å²) in [4.78, 5) is 13.3. The SMILES string of the molecule is Cc1nc(N)cc(-c2c(Nc3cn[nH]c3)nc3ccccn23)n1. The van der Waals surface area contributed by atoms with Crippen LogP contribution in [0.5, 0.6) is 0 Å². The van der Waals surface area contributed by atoms with Crippen molar-refractivity contribution in [3.05, 3.63) is 48.7 Å². The summed E-state index contributed by atoms with van der Waals surface area (Å²) in [6.45, 7) is 1.81.